The lowest BCUT2D eigenvalue weighted by molar-refractivity contribution is -0.384. The van der Waals surface area contributed by atoms with Gasteiger partial charge in [-0.15, -0.1) is 16.7 Å². The monoisotopic (exact) mass is 266 g/mol. The minimum absolute atomic E-state index is 0.0114. The number of alkyl halides is 1. The van der Waals surface area contributed by atoms with Gasteiger partial charge in [-0.3, -0.25) is 10.1 Å². The van der Waals surface area contributed by atoms with E-state index in [-0.39, 0.29) is 5.69 Å². The quantitative estimate of drug-likeness (QED) is 0.483. The van der Waals surface area contributed by atoms with Crippen molar-refractivity contribution in [2.24, 2.45) is 0 Å². The molecule has 0 bridgehead atoms. The average Bonchev–Trinajstić information content (AvgIpc) is 2.77. The van der Waals surface area contributed by atoms with Crippen LogP contribution < -0.4 is 0 Å². The van der Waals surface area contributed by atoms with Crippen molar-refractivity contribution in [3.05, 3.63) is 45.8 Å². The molecule has 1 heterocycles. The molecule has 2 rings (SSSR count). The van der Waals surface area contributed by atoms with Crippen molar-refractivity contribution in [1.29, 1.82) is 0 Å². The summed E-state index contributed by atoms with van der Waals surface area (Å²) in [4.78, 5) is 10.6. The number of hydrogen-bond acceptors (Lipinski definition) is 4. The van der Waals surface area contributed by atoms with E-state index in [4.69, 9.17) is 11.6 Å². The molecule has 1 aromatic heterocycles. The van der Waals surface area contributed by atoms with E-state index in [0.29, 0.717) is 23.7 Å². The Hall–Kier alpha value is -1.95. The van der Waals surface area contributed by atoms with Gasteiger partial charge in [0.15, 0.2) is 0 Å². The normalized spacial score (nSPS) is 10.6. The van der Waals surface area contributed by atoms with Crippen LogP contribution in [0.4, 0.5) is 5.69 Å². The molecular formula is C11H11ClN4O2. The van der Waals surface area contributed by atoms with E-state index >= 15 is 0 Å². The zero-order valence-electron chi connectivity index (χ0n) is 9.71. The highest BCUT2D eigenvalue weighted by Gasteiger charge is 2.18. The Morgan fingerprint density at radius 1 is 1.50 bits per heavy atom. The van der Waals surface area contributed by atoms with Crippen molar-refractivity contribution in [3.8, 4) is 5.69 Å². The first-order valence-corrected chi connectivity index (χ1v) is 5.88. The maximum atomic E-state index is 11.0. The summed E-state index contributed by atoms with van der Waals surface area (Å²) in [6.07, 6.45) is 2.25. The molecule has 94 valence electrons. The fraction of sp³-hybridized carbons (Fsp3) is 0.273. The van der Waals surface area contributed by atoms with E-state index in [1.165, 1.54) is 10.7 Å². The molecule has 6 nitrogen and oxygen atoms in total. The van der Waals surface area contributed by atoms with Crippen LogP contribution in [0.15, 0.2) is 24.4 Å². The number of aryl methyl sites for hydroxylation is 2. The highest BCUT2D eigenvalue weighted by atomic mass is 35.5. The van der Waals surface area contributed by atoms with Crippen molar-refractivity contribution >= 4 is 17.3 Å². The average molecular weight is 267 g/mol. The summed E-state index contributed by atoms with van der Waals surface area (Å²) in [7, 11) is 0. The third kappa shape index (κ3) is 2.33. The van der Waals surface area contributed by atoms with Crippen LogP contribution in [0.25, 0.3) is 5.69 Å². The lowest BCUT2D eigenvalue weighted by Crippen LogP contribution is -2.03. The number of hydrogen-bond donors (Lipinski definition) is 0. The summed E-state index contributed by atoms with van der Waals surface area (Å²) in [6, 6.07) is 4.89. The van der Waals surface area contributed by atoms with Crippen molar-refractivity contribution in [1.82, 2.24) is 15.0 Å². The molecule has 18 heavy (non-hydrogen) atoms. The van der Waals surface area contributed by atoms with Gasteiger partial charge >= 0.3 is 0 Å². The van der Waals surface area contributed by atoms with Gasteiger partial charge in [0.2, 0.25) is 0 Å². The van der Waals surface area contributed by atoms with Gasteiger partial charge in [0, 0.05) is 18.4 Å². The van der Waals surface area contributed by atoms with Crippen LogP contribution >= 0.6 is 11.6 Å². The third-order valence-corrected chi connectivity index (χ3v) is 2.72. The Labute approximate surface area is 108 Å². The molecule has 0 saturated heterocycles. The van der Waals surface area contributed by atoms with E-state index in [1.54, 1.807) is 25.3 Å². The molecule has 0 unspecified atom stereocenters. The molecular weight excluding hydrogens is 256 g/mol. The Bertz CT molecular complexity index is 582. The predicted molar refractivity (Wildman–Crippen MR) is 67.2 cm³/mol. The largest absolute Gasteiger partial charge is 0.295 e. The molecule has 0 amide bonds. The van der Waals surface area contributed by atoms with Crippen molar-refractivity contribution in [2.45, 2.75) is 13.3 Å². The van der Waals surface area contributed by atoms with Gasteiger partial charge in [0.1, 0.15) is 5.69 Å². The van der Waals surface area contributed by atoms with Crippen LogP contribution in [0.5, 0.6) is 0 Å². The summed E-state index contributed by atoms with van der Waals surface area (Å²) >= 11 is 5.62. The molecule has 0 radical (unpaired) electrons. The number of nitro groups is 1. The van der Waals surface area contributed by atoms with Crippen LogP contribution in [0, 0.1) is 17.0 Å². The molecule has 0 aliphatic carbocycles. The van der Waals surface area contributed by atoms with Gasteiger partial charge in [-0.1, -0.05) is 17.3 Å². The van der Waals surface area contributed by atoms with Crippen LogP contribution in [-0.4, -0.2) is 25.8 Å². The van der Waals surface area contributed by atoms with Crippen molar-refractivity contribution in [2.75, 3.05) is 5.88 Å². The zero-order chi connectivity index (χ0) is 13.1. The standard InChI is InChI=1S/C11H11ClN4O2/c1-8-3-2-4-10(16(17)18)11(8)15-7-9(5-6-12)13-14-15/h2-4,7H,5-6H2,1H3. The maximum Gasteiger partial charge on any atom is 0.295 e. The Morgan fingerprint density at radius 3 is 2.94 bits per heavy atom. The second kappa shape index (κ2) is 5.14. The van der Waals surface area contributed by atoms with E-state index < -0.39 is 4.92 Å². The van der Waals surface area contributed by atoms with Crippen LogP contribution in [-0.2, 0) is 6.42 Å². The minimum atomic E-state index is -0.425. The Balaban J connectivity index is 2.51. The Kier molecular flexibility index (Phi) is 3.57. The topological polar surface area (TPSA) is 73.8 Å². The maximum absolute atomic E-state index is 11.0. The molecule has 0 saturated carbocycles. The van der Waals surface area contributed by atoms with Gasteiger partial charge in [0.25, 0.3) is 5.69 Å². The Morgan fingerprint density at radius 2 is 2.28 bits per heavy atom. The number of benzene rings is 1. The second-order valence-electron chi connectivity index (χ2n) is 3.79. The second-order valence-corrected chi connectivity index (χ2v) is 4.17. The van der Waals surface area contributed by atoms with Crippen molar-refractivity contribution < 1.29 is 4.92 Å². The van der Waals surface area contributed by atoms with Gasteiger partial charge in [-0.05, 0) is 12.5 Å². The first-order chi connectivity index (χ1) is 8.63. The van der Waals surface area contributed by atoms with E-state index in [1.807, 2.05) is 0 Å². The molecule has 0 atom stereocenters. The number of aromatic nitrogens is 3. The molecule has 0 N–H and O–H groups in total. The number of rotatable bonds is 4. The minimum Gasteiger partial charge on any atom is -0.258 e. The molecule has 0 aliphatic rings. The number of para-hydroxylation sites is 1. The summed E-state index contributed by atoms with van der Waals surface area (Å²) in [5.74, 6) is 0.439. The highest BCUT2D eigenvalue weighted by Crippen LogP contribution is 2.25. The third-order valence-electron chi connectivity index (χ3n) is 2.53. The molecule has 7 heteroatoms. The van der Waals surface area contributed by atoms with E-state index in [0.717, 1.165) is 5.56 Å². The van der Waals surface area contributed by atoms with Gasteiger partial charge < -0.3 is 0 Å². The zero-order valence-corrected chi connectivity index (χ0v) is 10.5. The van der Waals surface area contributed by atoms with Crippen LogP contribution in [0.2, 0.25) is 0 Å². The fourth-order valence-electron chi connectivity index (χ4n) is 1.71. The number of halogens is 1. The van der Waals surface area contributed by atoms with Crippen LogP contribution in [0.1, 0.15) is 11.3 Å². The summed E-state index contributed by atoms with van der Waals surface area (Å²) in [5.41, 5.74) is 1.93. The lowest BCUT2D eigenvalue weighted by Gasteiger charge is -2.05. The first kappa shape index (κ1) is 12.5. The summed E-state index contributed by atoms with van der Waals surface area (Å²) in [5, 5.41) is 18.8. The number of nitrogens with zero attached hydrogens (tertiary/aromatic N) is 4. The summed E-state index contributed by atoms with van der Waals surface area (Å²) < 4.78 is 1.43. The molecule has 0 aliphatic heterocycles. The van der Waals surface area contributed by atoms with Crippen molar-refractivity contribution in [3.63, 3.8) is 0 Å². The highest BCUT2D eigenvalue weighted by molar-refractivity contribution is 6.17. The smallest absolute Gasteiger partial charge is 0.258 e. The first-order valence-electron chi connectivity index (χ1n) is 5.35. The molecule has 2 aromatic rings. The predicted octanol–water partition coefficient (Wildman–Crippen LogP) is 2.27. The summed E-state index contributed by atoms with van der Waals surface area (Å²) in [6.45, 7) is 1.80. The number of nitro benzene ring substituents is 1. The SMILES string of the molecule is Cc1cccc([N+](=O)[O-])c1-n1cc(CCCl)nn1. The molecule has 0 spiro atoms. The lowest BCUT2D eigenvalue weighted by atomic mass is 10.1. The van der Waals surface area contributed by atoms with Gasteiger partial charge in [0.05, 0.1) is 16.8 Å². The van der Waals surface area contributed by atoms with Gasteiger partial charge in [-0.25, -0.2) is 4.68 Å². The fourth-order valence-corrected chi connectivity index (χ4v) is 1.90. The van der Waals surface area contributed by atoms with Gasteiger partial charge in [-0.2, -0.15) is 0 Å². The molecule has 1 aromatic carbocycles. The van der Waals surface area contributed by atoms with Crippen LogP contribution in [0.3, 0.4) is 0 Å². The van der Waals surface area contributed by atoms with E-state index in [9.17, 15) is 10.1 Å². The molecule has 0 fully saturated rings. The van der Waals surface area contributed by atoms with E-state index in [2.05, 4.69) is 10.3 Å².